The molecule has 4 nitrogen and oxygen atoms in total. The van der Waals surface area contributed by atoms with Crippen molar-refractivity contribution in [2.24, 2.45) is 0 Å². The molecule has 0 fully saturated rings. The average Bonchev–Trinajstić information content (AvgIpc) is 2.63. The first kappa shape index (κ1) is 16.9. The molecule has 0 aliphatic heterocycles. The lowest BCUT2D eigenvalue weighted by molar-refractivity contribution is 0.102. The van der Waals surface area contributed by atoms with Crippen LogP contribution in [0.3, 0.4) is 0 Å². The summed E-state index contributed by atoms with van der Waals surface area (Å²) in [6.45, 7) is 0.330. The van der Waals surface area contributed by atoms with Gasteiger partial charge in [-0.1, -0.05) is 29.8 Å². The van der Waals surface area contributed by atoms with Gasteiger partial charge in [-0.25, -0.2) is 9.37 Å². The van der Waals surface area contributed by atoms with Gasteiger partial charge < -0.3 is 10.6 Å². The molecule has 2 aromatic carbocycles. The average molecular weight is 356 g/mol. The van der Waals surface area contributed by atoms with Crippen LogP contribution in [0.5, 0.6) is 0 Å². The largest absolute Gasteiger partial charge is 0.366 e. The van der Waals surface area contributed by atoms with Crippen LogP contribution in [0.4, 0.5) is 15.9 Å². The SMILES string of the molecule is O=C(Nc1ccc(NCc2ccccc2F)nc1)c1ccc(Cl)cc1. The molecule has 2 N–H and O–H groups in total. The molecule has 0 unspecified atom stereocenters. The number of benzene rings is 2. The van der Waals surface area contributed by atoms with Crippen molar-refractivity contribution >= 4 is 29.0 Å². The molecule has 3 aromatic rings. The van der Waals surface area contributed by atoms with Crippen molar-refractivity contribution in [1.29, 1.82) is 0 Å². The lowest BCUT2D eigenvalue weighted by Crippen LogP contribution is -2.12. The van der Waals surface area contributed by atoms with E-state index >= 15 is 0 Å². The van der Waals surface area contributed by atoms with Gasteiger partial charge in [0, 0.05) is 22.7 Å². The maximum absolute atomic E-state index is 13.6. The van der Waals surface area contributed by atoms with E-state index in [4.69, 9.17) is 11.6 Å². The predicted molar refractivity (Wildman–Crippen MR) is 97.4 cm³/mol. The summed E-state index contributed by atoms with van der Waals surface area (Å²) in [4.78, 5) is 16.3. The first-order valence-corrected chi connectivity index (χ1v) is 8.00. The van der Waals surface area contributed by atoms with Crippen molar-refractivity contribution in [3.8, 4) is 0 Å². The molecule has 0 aliphatic carbocycles. The Balaban J connectivity index is 1.59. The Kier molecular flexibility index (Phi) is 5.26. The summed E-state index contributed by atoms with van der Waals surface area (Å²) < 4.78 is 13.6. The van der Waals surface area contributed by atoms with Crippen LogP contribution in [-0.4, -0.2) is 10.9 Å². The summed E-state index contributed by atoms with van der Waals surface area (Å²) in [6, 6.07) is 16.6. The number of amides is 1. The zero-order valence-corrected chi connectivity index (χ0v) is 13.9. The van der Waals surface area contributed by atoms with E-state index in [0.29, 0.717) is 34.2 Å². The summed E-state index contributed by atoms with van der Waals surface area (Å²) in [5, 5.41) is 6.37. The van der Waals surface area contributed by atoms with Gasteiger partial charge in [0.1, 0.15) is 11.6 Å². The van der Waals surface area contributed by atoms with Gasteiger partial charge in [0.25, 0.3) is 5.91 Å². The Bertz CT molecular complexity index is 867. The minimum absolute atomic E-state index is 0.245. The molecule has 0 atom stereocenters. The number of carbonyl (C=O) groups is 1. The normalized spacial score (nSPS) is 10.3. The fraction of sp³-hybridized carbons (Fsp3) is 0.0526. The fourth-order valence-electron chi connectivity index (χ4n) is 2.20. The molecular formula is C19H15ClFN3O. The lowest BCUT2D eigenvalue weighted by atomic mass is 10.2. The second-order valence-electron chi connectivity index (χ2n) is 5.34. The van der Waals surface area contributed by atoms with E-state index in [0.717, 1.165) is 0 Å². The number of pyridine rings is 1. The molecule has 0 spiro atoms. The molecule has 1 aromatic heterocycles. The molecule has 6 heteroatoms. The van der Waals surface area contributed by atoms with E-state index < -0.39 is 0 Å². The Morgan fingerprint density at radius 3 is 2.48 bits per heavy atom. The van der Waals surface area contributed by atoms with E-state index in [1.807, 2.05) is 0 Å². The number of carbonyl (C=O) groups excluding carboxylic acids is 1. The third-order valence-electron chi connectivity index (χ3n) is 3.55. The number of aromatic nitrogens is 1. The summed E-state index contributed by atoms with van der Waals surface area (Å²) in [6.07, 6.45) is 1.54. The Hall–Kier alpha value is -2.92. The fourth-order valence-corrected chi connectivity index (χ4v) is 2.33. The van der Waals surface area contributed by atoms with Crippen molar-refractivity contribution in [2.45, 2.75) is 6.54 Å². The minimum Gasteiger partial charge on any atom is -0.366 e. The van der Waals surface area contributed by atoms with E-state index in [9.17, 15) is 9.18 Å². The molecule has 25 heavy (non-hydrogen) atoms. The highest BCUT2D eigenvalue weighted by atomic mass is 35.5. The zero-order chi connectivity index (χ0) is 17.6. The molecule has 1 heterocycles. The minimum atomic E-state index is -0.262. The maximum atomic E-state index is 13.6. The summed E-state index contributed by atoms with van der Waals surface area (Å²) in [7, 11) is 0. The molecule has 3 rings (SSSR count). The van der Waals surface area contributed by atoms with Crippen molar-refractivity contribution < 1.29 is 9.18 Å². The van der Waals surface area contributed by atoms with Gasteiger partial charge in [0.2, 0.25) is 0 Å². The molecule has 126 valence electrons. The monoisotopic (exact) mass is 355 g/mol. The summed E-state index contributed by atoms with van der Waals surface area (Å²) >= 11 is 5.81. The number of halogens is 2. The van der Waals surface area contributed by atoms with E-state index in [1.165, 1.54) is 12.3 Å². The zero-order valence-electron chi connectivity index (χ0n) is 13.2. The molecule has 0 saturated heterocycles. The molecule has 0 saturated carbocycles. The van der Waals surface area contributed by atoms with Crippen molar-refractivity contribution in [3.05, 3.63) is 88.8 Å². The number of rotatable bonds is 5. The van der Waals surface area contributed by atoms with E-state index in [1.54, 1.807) is 54.6 Å². The highest BCUT2D eigenvalue weighted by molar-refractivity contribution is 6.30. The van der Waals surface area contributed by atoms with Crippen molar-refractivity contribution in [2.75, 3.05) is 10.6 Å². The Morgan fingerprint density at radius 1 is 1.04 bits per heavy atom. The van der Waals surface area contributed by atoms with Crippen LogP contribution < -0.4 is 10.6 Å². The highest BCUT2D eigenvalue weighted by Gasteiger charge is 2.06. The van der Waals surface area contributed by atoms with Crippen molar-refractivity contribution in [1.82, 2.24) is 4.98 Å². The quantitative estimate of drug-likeness (QED) is 0.695. The van der Waals surface area contributed by atoms with Crippen LogP contribution in [0.2, 0.25) is 5.02 Å². The number of hydrogen-bond donors (Lipinski definition) is 2. The van der Waals surface area contributed by atoms with Crippen LogP contribution >= 0.6 is 11.6 Å². The molecule has 0 aliphatic rings. The molecule has 1 amide bonds. The van der Waals surface area contributed by atoms with E-state index in [2.05, 4.69) is 15.6 Å². The maximum Gasteiger partial charge on any atom is 0.255 e. The number of nitrogens with one attached hydrogen (secondary N) is 2. The second-order valence-corrected chi connectivity index (χ2v) is 5.77. The summed E-state index contributed by atoms with van der Waals surface area (Å²) in [5.41, 5.74) is 1.63. The number of hydrogen-bond acceptors (Lipinski definition) is 3. The molecule has 0 bridgehead atoms. The molecule has 0 radical (unpaired) electrons. The van der Waals surface area contributed by atoms with Crippen molar-refractivity contribution in [3.63, 3.8) is 0 Å². The predicted octanol–water partition coefficient (Wildman–Crippen LogP) is 4.74. The van der Waals surface area contributed by atoms with Crippen LogP contribution in [0.15, 0.2) is 66.9 Å². The van der Waals surface area contributed by atoms with Crippen LogP contribution in [0.25, 0.3) is 0 Å². The lowest BCUT2D eigenvalue weighted by Gasteiger charge is -2.08. The summed E-state index contributed by atoms with van der Waals surface area (Å²) in [5.74, 6) is 0.0834. The Morgan fingerprint density at radius 2 is 1.80 bits per heavy atom. The number of anilines is 2. The van der Waals surface area contributed by atoms with Gasteiger partial charge in [-0.3, -0.25) is 4.79 Å². The van der Waals surface area contributed by atoms with E-state index in [-0.39, 0.29) is 11.7 Å². The number of nitrogens with zero attached hydrogens (tertiary/aromatic N) is 1. The highest BCUT2D eigenvalue weighted by Crippen LogP contribution is 2.15. The third kappa shape index (κ3) is 4.55. The smallest absolute Gasteiger partial charge is 0.255 e. The van der Waals surface area contributed by atoms with Gasteiger partial charge >= 0.3 is 0 Å². The standard InChI is InChI=1S/C19H15ClFN3O/c20-15-7-5-13(6-8-15)19(25)24-16-9-10-18(23-12-16)22-11-14-3-1-2-4-17(14)21/h1-10,12H,11H2,(H,22,23)(H,24,25). The van der Waals surface area contributed by atoms with Gasteiger partial charge in [0.05, 0.1) is 11.9 Å². The van der Waals surface area contributed by atoms with Crippen LogP contribution in [0.1, 0.15) is 15.9 Å². The van der Waals surface area contributed by atoms with Gasteiger partial charge in [0.15, 0.2) is 0 Å². The van der Waals surface area contributed by atoms with Gasteiger partial charge in [-0.15, -0.1) is 0 Å². The molecular weight excluding hydrogens is 341 g/mol. The van der Waals surface area contributed by atoms with Crippen LogP contribution in [-0.2, 0) is 6.54 Å². The first-order chi connectivity index (χ1) is 12.1. The third-order valence-corrected chi connectivity index (χ3v) is 3.80. The van der Waals surface area contributed by atoms with Crippen LogP contribution in [0, 0.1) is 5.82 Å². The second kappa shape index (κ2) is 7.77. The van der Waals surface area contributed by atoms with Gasteiger partial charge in [-0.05, 0) is 42.5 Å². The topological polar surface area (TPSA) is 54.0 Å². The first-order valence-electron chi connectivity index (χ1n) is 7.62. The Labute approximate surface area is 149 Å². The van der Waals surface area contributed by atoms with Gasteiger partial charge in [-0.2, -0.15) is 0 Å².